The van der Waals surface area contributed by atoms with Crippen molar-refractivity contribution in [1.82, 2.24) is 14.5 Å². The van der Waals surface area contributed by atoms with Crippen molar-refractivity contribution in [2.24, 2.45) is 0 Å². The van der Waals surface area contributed by atoms with Crippen LogP contribution >= 0.6 is 0 Å². The Balaban J connectivity index is 2.14. The van der Waals surface area contributed by atoms with Crippen LogP contribution in [0.2, 0.25) is 0 Å². The zero-order chi connectivity index (χ0) is 15.7. The number of hydrogen-bond acceptors (Lipinski definition) is 4. The lowest BCUT2D eigenvalue weighted by Crippen LogP contribution is -2.47. The van der Waals surface area contributed by atoms with E-state index in [1.807, 2.05) is 22.8 Å². The van der Waals surface area contributed by atoms with Gasteiger partial charge in [0.05, 0.1) is 11.0 Å². The number of nitrogens with zero attached hydrogens (tertiary/aromatic N) is 4. The van der Waals surface area contributed by atoms with E-state index >= 15 is 0 Å². The second-order valence-corrected chi connectivity index (χ2v) is 5.77. The van der Waals surface area contributed by atoms with Gasteiger partial charge in [-0.2, -0.15) is 0 Å². The standard InChI is InChI=1S/C17H23N5/c1-4-13-6-7-14-15(12-13)22(5-2)16(18)17(19-14)21-10-8-20(3)9-11-21/h4,6-7,12,18H,1,5,8-11H2,2-3H3. The SMILES string of the molecule is C=Cc1ccc2nc(N3CCN(C)CC3)c(=N)n(CC)c2c1. The zero-order valence-corrected chi connectivity index (χ0v) is 13.3. The monoisotopic (exact) mass is 297 g/mol. The van der Waals surface area contributed by atoms with Crippen LogP contribution in [0, 0.1) is 5.41 Å². The van der Waals surface area contributed by atoms with E-state index in [-0.39, 0.29) is 0 Å². The van der Waals surface area contributed by atoms with Gasteiger partial charge >= 0.3 is 0 Å². The normalized spacial score (nSPS) is 16.2. The minimum atomic E-state index is 0.501. The number of aryl methyl sites for hydroxylation is 1. The van der Waals surface area contributed by atoms with Crippen LogP contribution in [0.5, 0.6) is 0 Å². The Morgan fingerprint density at radius 2 is 2.00 bits per heavy atom. The lowest BCUT2D eigenvalue weighted by Gasteiger charge is -2.33. The Kier molecular flexibility index (Phi) is 3.98. The topological polar surface area (TPSA) is 48.2 Å². The number of rotatable bonds is 3. The van der Waals surface area contributed by atoms with Crippen molar-refractivity contribution in [3.63, 3.8) is 0 Å². The first-order valence-electron chi connectivity index (χ1n) is 7.79. The van der Waals surface area contributed by atoms with Crippen molar-refractivity contribution in [3.05, 3.63) is 35.8 Å². The summed E-state index contributed by atoms with van der Waals surface area (Å²) in [5.74, 6) is 0.800. The fourth-order valence-corrected chi connectivity index (χ4v) is 2.95. The summed E-state index contributed by atoms with van der Waals surface area (Å²) in [5.41, 5.74) is 3.50. The second-order valence-electron chi connectivity index (χ2n) is 5.77. The van der Waals surface area contributed by atoms with Gasteiger partial charge in [0.25, 0.3) is 0 Å². The molecule has 1 fully saturated rings. The Morgan fingerprint density at radius 1 is 1.27 bits per heavy atom. The summed E-state index contributed by atoms with van der Waals surface area (Å²) in [7, 11) is 2.13. The van der Waals surface area contributed by atoms with Gasteiger partial charge in [0.15, 0.2) is 11.3 Å². The molecule has 2 aromatic rings. The largest absolute Gasteiger partial charge is 0.351 e. The second kappa shape index (κ2) is 5.93. The fraction of sp³-hybridized carbons (Fsp3) is 0.412. The van der Waals surface area contributed by atoms with Crippen molar-refractivity contribution in [1.29, 1.82) is 5.41 Å². The maximum absolute atomic E-state index is 8.56. The molecule has 3 rings (SSSR count). The molecule has 0 unspecified atom stereocenters. The van der Waals surface area contributed by atoms with Crippen molar-refractivity contribution in [2.75, 3.05) is 38.1 Å². The smallest absolute Gasteiger partial charge is 0.172 e. The van der Waals surface area contributed by atoms with Gasteiger partial charge in [-0.1, -0.05) is 18.7 Å². The summed E-state index contributed by atoms with van der Waals surface area (Å²) in [6.07, 6.45) is 1.83. The maximum atomic E-state index is 8.56. The van der Waals surface area contributed by atoms with Crippen LogP contribution < -0.4 is 10.4 Å². The molecule has 1 saturated heterocycles. The molecule has 0 amide bonds. The molecule has 1 aromatic carbocycles. The van der Waals surface area contributed by atoms with Gasteiger partial charge in [0.2, 0.25) is 0 Å². The number of aromatic nitrogens is 2. The minimum Gasteiger partial charge on any atom is -0.351 e. The summed E-state index contributed by atoms with van der Waals surface area (Å²) in [5, 5.41) is 8.56. The molecule has 1 aromatic heterocycles. The Morgan fingerprint density at radius 3 is 2.64 bits per heavy atom. The molecule has 0 atom stereocenters. The molecule has 0 spiro atoms. The molecule has 0 aliphatic carbocycles. The number of fused-ring (bicyclic) bond motifs is 1. The maximum Gasteiger partial charge on any atom is 0.172 e. The van der Waals surface area contributed by atoms with E-state index in [1.165, 1.54) is 0 Å². The van der Waals surface area contributed by atoms with Crippen LogP contribution in [0.3, 0.4) is 0 Å². The predicted octanol–water partition coefficient (Wildman–Crippen LogP) is 1.93. The summed E-state index contributed by atoms with van der Waals surface area (Å²) >= 11 is 0. The number of likely N-dealkylation sites (N-methyl/N-ethyl adjacent to an activating group) is 1. The van der Waals surface area contributed by atoms with E-state index in [0.29, 0.717) is 5.49 Å². The number of piperazine rings is 1. The Labute approximate surface area is 131 Å². The highest BCUT2D eigenvalue weighted by atomic mass is 15.3. The van der Waals surface area contributed by atoms with Gasteiger partial charge in [0.1, 0.15) is 0 Å². The molecule has 0 saturated carbocycles. The van der Waals surface area contributed by atoms with Crippen LogP contribution in [-0.2, 0) is 6.54 Å². The number of anilines is 1. The van der Waals surface area contributed by atoms with Gasteiger partial charge in [0, 0.05) is 32.7 Å². The molecule has 5 nitrogen and oxygen atoms in total. The molecule has 2 heterocycles. The zero-order valence-electron chi connectivity index (χ0n) is 13.3. The lowest BCUT2D eigenvalue weighted by molar-refractivity contribution is 0.311. The van der Waals surface area contributed by atoms with E-state index in [2.05, 4.69) is 36.4 Å². The van der Waals surface area contributed by atoms with Gasteiger partial charge in [-0.15, -0.1) is 0 Å². The molecule has 22 heavy (non-hydrogen) atoms. The molecule has 116 valence electrons. The number of hydrogen-bond donors (Lipinski definition) is 1. The Bertz CT molecular complexity index is 753. The predicted molar refractivity (Wildman–Crippen MR) is 91.1 cm³/mol. The number of nitrogens with one attached hydrogen (secondary N) is 1. The van der Waals surface area contributed by atoms with E-state index in [4.69, 9.17) is 10.4 Å². The first-order chi connectivity index (χ1) is 10.6. The van der Waals surface area contributed by atoms with E-state index in [1.54, 1.807) is 0 Å². The summed E-state index contributed by atoms with van der Waals surface area (Å²) in [6, 6.07) is 6.11. The van der Waals surface area contributed by atoms with Crippen LogP contribution in [0.1, 0.15) is 12.5 Å². The molecule has 1 aliphatic heterocycles. The highest BCUT2D eigenvalue weighted by molar-refractivity contribution is 5.79. The first kappa shape index (κ1) is 14.8. The molecule has 1 N–H and O–H groups in total. The third-order valence-electron chi connectivity index (χ3n) is 4.35. The number of benzene rings is 1. The molecule has 5 heteroatoms. The third-order valence-corrected chi connectivity index (χ3v) is 4.35. The quantitative estimate of drug-likeness (QED) is 0.942. The minimum absolute atomic E-state index is 0.501. The van der Waals surface area contributed by atoms with Crippen molar-refractivity contribution < 1.29 is 0 Å². The summed E-state index contributed by atoms with van der Waals surface area (Å²) in [6.45, 7) is 10.5. The fourth-order valence-electron chi connectivity index (χ4n) is 2.95. The van der Waals surface area contributed by atoms with Gasteiger partial charge in [-0.25, -0.2) is 4.98 Å². The van der Waals surface area contributed by atoms with E-state index < -0.39 is 0 Å². The highest BCUT2D eigenvalue weighted by Gasteiger charge is 2.18. The summed E-state index contributed by atoms with van der Waals surface area (Å²) in [4.78, 5) is 9.31. The molecule has 1 aliphatic rings. The van der Waals surface area contributed by atoms with Crippen LogP contribution in [0.25, 0.3) is 17.1 Å². The molecular weight excluding hydrogens is 274 g/mol. The average Bonchev–Trinajstić information content (AvgIpc) is 2.55. The first-order valence-corrected chi connectivity index (χ1v) is 7.79. The van der Waals surface area contributed by atoms with Crippen LogP contribution in [0.4, 0.5) is 5.82 Å². The van der Waals surface area contributed by atoms with Gasteiger partial charge in [-0.05, 0) is 31.7 Å². The Hall–Kier alpha value is -2.14. The molecule has 0 bridgehead atoms. The highest BCUT2D eigenvalue weighted by Crippen LogP contribution is 2.18. The van der Waals surface area contributed by atoms with E-state index in [9.17, 15) is 0 Å². The van der Waals surface area contributed by atoms with Crippen LogP contribution in [0.15, 0.2) is 24.8 Å². The lowest BCUT2D eigenvalue weighted by atomic mass is 10.2. The molecule has 0 radical (unpaired) electrons. The summed E-state index contributed by atoms with van der Waals surface area (Å²) < 4.78 is 2.03. The van der Waals surface area contributed by atoms with Crippen molar-refractivity contribution in [3.8, 4) is 0 Å². The van der Waals surface area contributed by atoms with Crippen molar-refractivity contribution >= 4 is 22.9 Å². The molecular formula is C17H23N5. The van der Waals surface area contributed by atoms with Crippen molar-refractivity contribution in [2.45, 2.75) is 13.5 Å². The third kappa shape index (κ3) is 2.52. The van der Waals surface area contributed by atoms with Gasteiger partial charge in [-0.3, -0.25) is 5.41 Å². The van der Waals surface area contributed by atoms with E-state index in [0.717, 1.165) is 55.1 Å². The van der Waals surface area contributed by atoms with Gasteiger partial charge < -0.3 is 14.4 Å². The van der Waals surface area contributed by atoms with Crippen LogP contribution in [-0.4, -0.2) is 47.7 Å². The average molecular weight is 297 g/mol.